The van der Waals surface area contributed by atoms with E-state index >= 15 is 0 Å². The number of carbonyl (C=O) groups excluding carboxylic acids is 1. The van der Waals surface area contributed by atoms with Gasteiger partial charge in [-0.15, -0.1) is 0 Å². The van der Waals surface area contributed by atoms with Gasteiger partial charge in [-0.1, -0.05) is 0 Å². The molecule has 27 heavy (non-hydrogen) atoms. The average Bonchev–Trinajstić information content (AvgIpc) is 3.22. The Balaban J connectivity index is 1.38. The highest BCUT2D eigenvalue weighted by molar-refractivity contribution is 5.75. The lowest BCUT2D eigenvalue weighted by atomic mass is 10.1. The van der Waals surface area contributed by atoms with Gasteiger partial charge in [-0.2, -0.15) is 10.2 Å². The molecule has 8 heteroatoms. The maximum atomic E-state index is 12.1. The maximum absolute atomic E-state index is 12.1. The van der Waals surface area contributed by atoms with E-state index in [1.807, 2.05) is 24.6 Å². The van der Waals surface area contributed by atoms with Gasteiger partial charge in [0, 0.05) is 51.4 Å². The summed E-state index contributed by atoms with van der Waals surface area (Å²) in [5, 5.41) is 11.5. The van der Waals surface area contributed by atoms with Gasteiger partial charge in [0.2, 0.25) is 5.91 Å². The Morgan fingerprint density at radius 1 is 1.33 bits per heavy atom. The van der Waals surface area contributed by atoms with Gasteiger partial charge in [-0.3, -0.25) is 14.3 Å². The second kappa shape index (κ2) is 8.37. The van der Waals surface area contributed by atoms with E-state index in [-0.39, 0.29) is 11.5 Å². The number of hydrogen-bond acceptors (Lipinski definition) is 5. The first-order chi connectivity index (χ1) is 12.9. The number of aromatic nitrogens is 4. The predicted octanol–water partition coefficient (Wildman–Crippen LogP) is 1.02. The number of amides is 1. The lowest BCUT2D eigenvalue weighted by Crippen LogP contribution is -2.31. The van der Waals surface area contributed by atoms with Gasteiger partial charge in [-0.25, -0.2) is 4.68 Å². The third-order valence-corrected chi connectivity index (χ3v) is 5.07. The Hall–Kier alpha value is -2.64. The highest BCUT2D eigenvalue weighted by Gasteiger charge is 2.23. The number of carbonyl (C=O) groups is 1. The molecule has 1 amide bonds. The molecule has 3 heterocycles. The van der Waals surface area contributed by atoms with E-state index in [0.717, 1.165) is 49.6 Å². The van der Waals surface area contributed by atoms with Crippen molar-refractivity contribution in [1.29, 1.82) is 0 Å². The molecule has 1 N–H and O–H groups in total. The lowest BCUT2D eigenvalue weighted by Gasteiger charge is -2.18. The summed E-state index contributed by atoms with van der Waals surface area (Å²) in [5.41, 5.74) is 2.89. The molecule has 8 nitrogen and oxygen atoms in total. The van der Waals surface area contributed by atoms with Crippen molar-refractivity contribution in [1.82, 2.24) is 24.9 Å². The van der Waals surface area contributed by atoms with Crippen molar-refractivity contribution >= 4 is 11.6 Å². The molecule has 0 spiro atoms. The van der Waals surface area contributed by atoms with Crippen molar-refractivity contribution in [3.63, 3.8) is 0 Å². The summed E-state index contributed by atoms with van der Waals surface area (Å²) in [5.74, 6) is 0.485. The molecule has 0 aromatic carbocycles. The van der Waals surface area contributed by atoms with Crippen LogP contribution in [-0.2, 0) is 18.4 Å². The summed E-state index contributed by atoms with van der Waals surface area (Å²) in [6, 6.07) is 3.66. The summed E-state index contributed by atoms with van der Waals surface area (Å²) in [6.07, 6.45) is 4.01. The summed E-state index contributed by atoms with van der Waals surface area (Å²) >= 11 is 0. The minimum atomic E-state index is -0.105. The van der Waals surface area contributed by atoms with Crippen LogP contribution in [0.5, 0.6) is 0 Å². The van der Waals surface area contributed by atoms with Gasteiger partial charge in [0.1, 0.15) is 0 Å². The van der Waals surface area contributed by atoms with Crippen LogP contribution in [-0.4, -0.2) is 45.1 Å². The molecule has 146 valence electrons. The summed E-state index contributed by atoms with van der Waals surface area (Å²) in [4.78, 5) is 26.0. The van der Waals surface area contributed by atoms with Gasteiger partial charge in [0.15, 0.2) is 0 Å². The molecule has 3 rings (SSSR count). The fourth-order valence-electron chi connectivity index (χ4n) is 3.50. The molecule has 1 aliphatic rings. The van der Waals surface area contributed by atoms with Crippen LogP contribution >= 0.6 is 0 Å². The maximum Gasteiger partial charge on any atom is 0.268 e. The van der Waals surface area contributed by atoms with E-state index < -0.39 is 0 Å². The first-order valence-electron chi connectivity index (χ1n) is 9.48. The molecule has 1 saturated heterocycles. The molecule has 2 aromatic heterocycles. The Kier molecular flexibility index (Phi) is 5.93. The molecule has 0 radical (unpaired) electrons. The second-order valence-electron chi connectivity index (χ2n) is 7.33. The summed E-state index contributed by atoms with van der Waals surface area (Å²) < 4.78 is 3.28. The van der Waals surface area contributed by atoms with Gasteiger partial charge < -0.3 is 10.2 Å². The molecular weight excluding hydrogens is 344 g/mol. The lowest BCUT2D eigenvalue weighted by molar-refractivity contribution is -0.121. The van der Waals surface area contributed by atoms with E-state index in [0.29, 0.717) is 18.9 Å². The van der Waals surface area contributed by atoms with Crippen LogP contribution in [0.25, 0.3) is 0 Å². The molecule has 1 unspecified atom stereocenters. The number of rotatable bonds is 7. The van der Waals surface area contributed by atoms with Crippen LogP contribution in [0.15, 0.2) is 23.1 Å². The van der Waals surface area contributed by atoms with Crippen molar-refractivity contribution in [2.24, 2.45) is 13.0 Å². The highest BCUT2D eigenvalue weighted by Crippen LogP contribution is 2.21. The molecule has 0 bridgehead atoms. The minimum Gasteiger partial charge on any atom is -0.370 e. The fraction of sp³-hybridized carbons (Fsp3) is 0.579. The SMILES string of the molecule is Cc1cc(C)n(CCCC(=O)NCC2CCN(c3cnn(C)c(=O)c3)C2)n1. The molecule has 2 aromatic rings. The quantitative estimate of drug-likeness (QED) is 0.784. The van der Waals surface area contributed by atoms with E-state index in [2.05, 4.69) is 20.4 Å². The van der Waals surface area contributed by atoms with Crippen molar-refractivity contribution in [2.75, 3.05) is 24.5 Å². The van der Waals surface area contributed by atoms with Crippen LogP contribution in [0, 0.1) is 19.8 Å². The largest absolute Gasteiger partial charge is 0.370 e. The van der Waals surface area contributed by atoms with Crippen LogP contribution in [0.3, 0.4) is 0 Å². The van der Waals surface area contributed by atoms with E-state index in [4.69, 9.17) is 0 Å². The van der Waals surface area contributed by atoms with Gasteiger partial charge >= 0.3 is 0 Å². The Labute approximate surface area is 159 Å². The van der Waals surface area contributed by atoms with Crippen LogP contribution in [0.4, 0.5) is 5.69 Å². The first-order valence-corrected chi connectivity index (χ1v) is 9.48. The summed E-state index contributed by atoms with van der Waals surface area (Å²) in [7, 11) is 1.64. The zero-order valence-electron chi connectivity index (χ0n) is 16.3. The Morgan fingerprint density at radius 2 is 2.15 bits per heavy atom. The Morgan fingerprint density at radius 3 is 2.85 bits per heavy atom. The molecule has 0 aliphatic carbocycles. The third kappa shape index (κ3) is 4.96. The zero-order chi connectivity index (χ0) is 19.4. The van der Waals surface area contributed by atoms with Crippen molar-refractivity contribution < 1.29 is 4.79 Å². The smallest absolute Gasteiger partial charge is 0.268 e. The summed E-state index contributed by atoms with van der Waals surface area (Å²) in [6.45, 7) is 7.16. The molecule has 1 atom stereocenters. The molecule has 0 saturated carbocycles. The standard InChI is InChI=1S/C19H28N6O2/c1-14-9-15(2)25(22-14)7-4-5-18(26)20-11-16-6-8-24(13-16)17-10-19(27)23(3)21-12-17/h9-10,12,16H,4-8,11,13H2,1-3H3,(H,20,26). The van der Waals surface area contributed by atoms with Gasteiger partial charge in [0.05, 0.1) is 17.6 Å². The normalized spacial score (nSPS) is 16.7. The number of nitrogens with zero attached hydrogens (tertiary/aromatic N) is 5. The number of nitrogens with one attached hydrogen (secondary N) is 1. The van der Waals surface area contributed by atoms with Crippen molar-refractivity contribution in [3.05, 3.63) is 40.1 Å². The minimum absolute atomic E-state index is 0.0882. The molecule has 1 fully saturated rings. The number of aryl methyl sites for hydroxylation is 4. The Bertz CT molecular complexity index is 856. The van der Waals surface area contributed by atoms with E-state index in [9.17, 15) is 9.59 Å². The number of anilines is 1. The van der Waals surface area contributed by atoms with Crippen molar-refractivity contribution in [3.8, 4) is 0 Å². The molecule has 1 aliphatic heterocycles. The van der Waals surface area contributed by atoms with Crippen LogP contribution in [0.1, 0.15) is 30.7 Å². The van der Waals surface area contributed by atoms with Crippen LogP contribution < -0.4 is 15.8 Å². The fourth-order valence-corrected chi connectivity index (χ4v) is 3.50. The number of hydrogen-bond donors (Lipinski definition) is 1. The topological polar surface area (TPSA) is 85.0 Å². The first kappa shape index (κ1) is 19.1. The highest BCUT2D eigenvalue weighted by atomic mass is 16.1. The molecular formula is C19H28N6O2. The second-order valence-corrected chi connectivity index (χ2v) is 7.33. The third-order valence-electron chi connectivity index (χ3n) is 5.07. The van der Waals surface area contributed by atoms with Crippen LogP contribution in [0.2, 0.25) is 0 Å². The average molecular weight is 372 g/mol. The van der Waals surface area contributed by atoms with Crippen molar-refractivity contribution in [2.45, 2.75) is 39.7 Å². The van der Waals surface area contributed by atoms with Gasteiger partial charge in [-0.05, 0) is 38.7 Å². The van der Waals surface area contributed by atoms with Gasteiger partial charge in [0.25, 0.3) is 5.56 Å². The monoisotopic (exact) mass is 372 g/mol. The van der Waals surface area contributed by atoms with E-state index in [1.54, 1.807) is 19.3 Å². The zero-order valence-corrected chi connectivity index (χ0v) is 16.3. The predicted molar refractivity (Wildman–Crippen MR) is 104 cm³/mol. The van der Waals surface area contributed by atoms with E-state index in [1.165, 1.54) is 4.68 Å².